The summed E-state index contributed by atoms with van der Waals surface area (Å²) >= 11 is 6.08. The van der Waals surface area contributed by atoms with Crippen LogP contribution in [0.3, 0.4) is 0 Å². The van der Waals surface area contributed by atoms with Gasteiger partial charge >= 0.3 is 0 Å². The molecule has 2 aromatic carbocycles. The van der Waals surface area contributed by atoms with E-state index in [0.29, 0.717) is 5.02 Å². The first-order valence-electron chi connectivity index (χ1n) is 7.84. The molecule has 1 amide bonds. The molecule has 128 valence electrons. The maximum Gasteiger partial charge on any atom is 0.267 e. The van der Waals surface area contributed by atoms with Crippen molar-refractivity contribution in [2.45, 2.75) is 27.7 Å². The second-order valence-corrected chi connectivity index (χ2v) is 6.36. The van der Waals surface area contributed by atoms with E-state index in [4.69, 9.17) is 11.6 Å². The third-order valence-electron chi connectivity index (χ3n) is 3.92. The average molecular weight is 354 g/mol. The Hall–Kier alpha value is -2.77. The van der Waals surface area contributed by atoms with E-state index in [0.717, 1.165) is 33.6 Å². The van der Waals surface area contributed by atoms with E-state index >= 15 is 0 Å². The van der Waals surface area contributed by atoms with E-state index < -0.39 is 5.91 Å². The molecule has 0 saturated carbocycles. The van der Waals surface area contributed by atoms with Crippen LogP contribution in [0.25, 0.3) is 0 Å². The number of rotatable bonds is 4. The summed E-state index contributed by atoms with van der Waals surface area (Å²) in [5.74, 6) is -0.454. The fraction of sp³-hybridized carbons (Fsp3) is 0.200. The lowest BCUT2D eigenvalue weighted by Gasteiger charge is -2.13. The van der Waals surface area contributed by atoms with Crippen molar-refractivity contribution in [3.8, 4) is 6.07 Å². The van der Waals surface area contributed by atoms with Crippen LogP contribution < -0.4 is 10.6 Å². The van der Waals surface area contributed by atoms with Gasteiger partial charge in [0.25, 0.3) is 5.91 Å². The number of hydrogen-bond donors (Lipinski definition) is 2. The Bertz CT molecular complexity index is 871. The van der Waals surface area contributed by atoms with Crippen molar-refractivity contribution in [1.29, 1.82) is 5.26 Å². The topological polar surface area (TPSA) is 64.9 Å². The molecule has 0 saturated heterocycles. The third-order valence-corrected chi connectivity index (χ3v) is 4.33. The van der Waals surface area contributed by atoms with Crippen LogP contribution in [0.1, 0.15) is 22.3 Å². The molecular weight excluding hydrogens is 334 g/mol. The number of carbonyl (C=O) groups is 1. The zero-order valence-corrected chi connectivity index (χ0v) is 15.5. The smallest absolute Gasteiger partial charge is 0.267 e. The Kier molecular flexibility index (Phi) is 5.84. The predicted octanol–water partition coefficient (Wildman–Crippen LogP) is 5.03. The average Bonchev–Trinajstić information content (AvgIpc) is 2.55. The van der Waals surface area contributed by atoms with Crippen LogP contribution in [0.5, 0.6) is 0 Å². The number of nitrogens with one attached hydrogen (secondary N) is 2. The molecule has 2 rings (SSSR count). The minimum Gasteiger partial charge on any atom is -0.360 e. The molecule has 5 heteroatoms. The Morgan fingerprint density at radius 1 is 1.16 bits per heavy atom. The van der Waals surface area contributed by atoms with Crippen LogP contribution in [0.2, 0.25) is 5.02 Å². The number of aryl methyl sites for hydroxylation is 3. The second-order valence-electron chi connectivity index (χ2n) is 5.95. The monoisotopic (exact) mass is 353 g/mol. The molecule has 0 aliphatic rings. The van der Waals surface area contributed by atoms with Crippen LogP contribution in [0.4, 0.5) is 11.4 Å². The van der Waals surface area contributed by atoms with E-state index in [9.17, 15) is 10.1 Å². The Labute approximate surface area is 153 Å². The van der Waals surface area contributed by atoms with Crippen LogP contribution >= 0.6 is 11.6 Å². The van der Waals surface area contributed by atoms with E-state index in [1.165, 1.54) is 6.20 Å². The van der Waals surface area contributed by atoms with Gasteiger partial charge in [-0.25, -0.2) is 0 Å². The van der Waals surface area contributed by atoms with Crippen LogP contribution in [-0.2, 0) is 4.79 Å². The predicted molar refractivity (Wildman–Crippen MR) is 103 cm³/mol. The van der Waals surface area contributed by atoms with Gasteiger partial charge in [0.15, 0.2) is 0 Å². The molecule has 0 aromatic heterocycles. The molecule has 0 radical (unpaired) electrons. The normalized spacial score (nSPS) is 11.0. The molecule has 0 unspecified atom stereocenters. The van der Waals surface area contributed by atoms with Crippen molar-refractivity contribution in [1.82, 2.24) is 0 Å². The minimum atomic E-state index is -0.454. The van der Waals surface area contributed by atoms with Gasteiger partial charge in [-0.05, 0) is 56.5 Å². The summed E-state index contributed by atoms with van der Waals surface area (Å²) in [6, 6.07) is 11.3. The summed E-state index contributed by atoms with van der Waals surface area (Å²) in [7, 11) is 0. The van der Waals surface area contributed by atoms with Crippen molar-refractivity contribution >= 4 is 28.9 Å². The maximum absolute atomic E-state index is 12.4. The molecule has 0 fully saturated rings. The van der Waals surface area contributed by atoms with E-state index in [1.54, 1.807) is 12.1 Å². The summed E-state index contributed by atoms with van der Waals surface area (Å²) in [5, 5.41) is 15.7. The summed E-state index contributed by atoms with van der Waals surface area (Å²) in [6.07, 6.45) is 1.40. The molecule has 4 nitrogen and oxygen atoms in total. The summed E-state index contributed by atoms with van der Waals surface area (Å²) in [6.45, 7) is 7.73. The van der Waals surface area contributed by atoms with Gasteiger partial charge in [0.1, 0.15) is 11.6 Å². The summed E-state index contributed by atoms with van der Waals surface area (Å²) in [5.41, 5.74) is 5.36. The molecule has 0 bridgehead atoms. The van der Waals surface area contributed by atoms with Crippen molar-refractivity contribution in [3.05, 3.63) is 69.4 Å². The second kappa shape index (κ2) is 7.87. The summed E-state index contributed by atoms with van der Waals surface area (Å²) < 4.78 is 0. The van der Waals surface area contributed by atoms with Crippen LogP contribution in [0, 0.1) is 39.0 Å². The quantitative estimate of drug-likeness (QED) is 0.598. The number of nitrogens with zero attached hydrogens (tertiary/aromatic N) is 1. The number of benzene rings is 2. The zero-order chi connectivity index (χ0) is 18.6. The van der Waals surface area contributed by atoms with E-state index in [2.05, 4.69) is 10.6 Å². The molecule has 0 spiro atoms. The zero-order valence-electron chi connectivity index (χ0n) is 14.7. The number of nitriles is 1. The highest BCUT2D eigenvalue weighted by atomic mass is 35.5. The molecule has 0 heterocycles. The Balaban J connectivity index is 2.22. The highest BCUT2D eigenvalue weighted by Gasteiger charge is 2.13. The van der Waals surface area contributed by atoms with E-state index in [-0.39, 0.29) is 5.57 Å². The molecule has 0 aliphatic heterocycles. The first-order valence-corrected chi connectivity index (χ1v) is 8.22. The van der Waals surface area contributed by atoms with Crippen molar-refractivity contribution in [2.24, 2.45) is 0 Å². The standard InChI is InChI=1S/C20H20ClN3O/c1-12-8-13(2)19(14(3)9-12)24-20(25)16(10-22)11-23-18-7-5-6-17(21)15(18)4/h5-9,11,23H,1-4H3,(H,24,25)/b16-11-. The lowest BCUT2D eigenvalue weighted by molar-refractivity contribution is -0.112. The molecule has 2 N–H and O–H groups in total. The molecular formula is C20H20ClN3O. The van der Waals surface area contributed by atoms with Crippen LogP contribution in [0.15, 0.2) is 42.1 Å². The first kappa shape index (κ1) is 18.6. The fourth-order valence-electron chi connectivity index (χ4n) is 2.62. The molecule has 0 aliphatic carbocycles. The number of halogens is 1. The van der Waals surface area contributed by atoms with Gasteiger partial charge in [0.05, 0.1) is 0 Å². The summed E-state index contributed by atoms with van der Waals surface area (Å²) in [4.78, 5) is 12.4. The fourth-order valence-corrected chi connectivity index (χ4v) is 2.79. The first-order chi connectivity index (χ1) is 11.8. The number of carbonyl (C=O) groups excluding carboxylic acids is 1. The number of hydrogen-bond acceptors (Lipinski definition) is 3. The van der Waals surface area contributed by atoms with Gasteiger partial charge in [0.2, 0.25) is 0 Å². The van der Waals surface area contributed by atoms with Gasteiger partial charge in [-0.1, -0.05) is 35.4 Å². The van der Waals surface area contributed by atoms with Gasteiger partial charge in [-0.3, -0.25) is 4.79 Å². The molecule has 2 aromatic rings. The highest BCUT2D eigenvalue weighted by molar-refractivity contribution is 6.31. The SMILES string of the molecule is Cc1cc(C)c(NC(=O)/C(C#N)=C\Nc2cccc(Cl)c2C)c(C)c1. The van der Waals surface area contributed by atoms with Gasteiger partial charge in [-0.15, -0.1) is 0 Å². The van der Waals surface area contributed by atoms with Gasteiger partial charge in [-0.2, -0.15) is 5.26 Å². The van der Waals surface area contributed by atoms with Gasteiger partial charge in [0, 0.05) is 22.6 Å². The van der Waals surface area contributed by atoms with E-state index in [1.807, 2.05) is 52.0 Å². The molecule has 0 atom stereocenters. The minimum absolute atomic E-state index is 0.0150. The highest BCUT2D eigenvalue weighted by Crippen LogP contribution is 2.24. The van der Waals surface area contributed by atoms with Crippen molar-refractivity contribution in [3.63, 3.8) is 0 Å². The Morgan fingerprint density at radius 2 is 1.80 bits per heavy atom. The maximum atomic E-state index is 12.4. The lowest BCUT2D eigenvalue weighted by atomic mass is 10.0. The number of anilines is 2. The molecule has 25 heavy (non-hydrogen) atoms. The van der Waals surface area contributed by atoms with Gasteiger partial charge < -0.3 is 10.6 Å². The van der Waals surface area contributed by atoms with Crippen LogP contribution in [-0.4, -0.2) is 5.91 Å². The number of amides is 1. The van der Waals surface area contributed by atoms with Crippen molar-refractivity contribution < 1.29 is 4.79 Å². The Morgan fingerprint density at radius 3 is 2.40 bits per heavy atom. The largest absolute Gasteiger partial charge is 0.360 e. The van der Waals surface area contributed by atoms with Crippen molar-refractivity contribution in [2.75, 3.05) is 10.6 Å². The third kappa shape index (κ3) is 4.40. The lowest BCUT2D eigenvalue weighted by Crippen LogP contribution is -2.16.